The first kappa shape index (κ1) is 13.3. The van der Waals surface area contributed by atoms with E-state index >= 15 is 0 Å². The number of rotatable bonds is 6. The molecule has 1 atom stereocenters. The van der Waals surface area contributed by atoms with E-state index in [2.05, 4.69) is 26.5 Å². The fourth-order valence-corrected chi connectivity index (χ4v) is 2.54. The summed E-state index contributed by atoms with van der Waals surface area (Å²) in [5.74, 6) is 0. The van der Waals surface area contributed by atoms with E-state index in [0.717, 1.165) is 31.2 Å². The molecule has 16 heavy (non-hydrogen) atoms. The van der Waals surface area contributed by atoms with Gasteiger partial charge in [-0.2, -0.15) is 0 Å². The van der Waals surface area contributed by atoms with Crippen LogP contribution in [-0.2, 0) is 10.2 Å². The highest BCUT2D eigenvalue weighted by Crippen LogP contribution is 2.35. The lowest BCUT2D eigenvalue weighted by molar-refractivity contribution is -0.116. The molecule has 0 aliphatic heterocycles. The Bertz CT molecular complexity index is 334. The summed E-state index contributed by atoms with van der Waals surface area (Å²) in [5.41, 5.74) is 0.714. The molecule has 0 fully saturated rings. The van der Waals surface area contributed by atoms with E-state index in [-0.39, 0.29) is 10.5 Å². The smallest absolute Gasteiger partial charge is 0.196 e. The normalized spacial score (nSPS) is 14.4. The minimum atomic E-state index is -0.389. The molecule has 0 saturated heterocycles. The molecule has 1 unspecified atom stereocenters. The number of unbranched alkanes of at least 4 members (excludes halogenated alkanes) is 1. The van der Waals surface area contributed by atoms with Gasteiger partial charge in [0.15, 0.2) is 5.12 Å². The third kappa shape index (κ3) is 2.67. The van der Waals surface area contributed by atoms with Gasteiger partial charge in [-0.25, -0.2) is 0 Å². The quantitative estimate of drug-likeness (QED) is 0.739. The summed E-state index contributed by atoms with van der Waals surface area (Å²) in [6, 6.07) is 10.0. The molecule has 1 rings (SSSR count). The second-order valence-electron chi connectivity index (χ2n) is 4.21. The van der Waals surface area contributed by atoms with Gasteiger partial charge in [-0.05, 0) is 18.4 Å². The predicted molar refractivity (Wildman–Crippen MR) is 71.9 cm³/mol. The highest BCUT2D eigenvalue weighted by molar-refractivity contribution is 7.96. The van der Waals surface area contributed by atoms with Gasteiger partial charge in [0, 0.05) is 0 Å². The van der Waals surface area contributed by atoms with Gasteiger partial charge in [-0.3, -0.25) is 4.79 Å². The summed E-state index contributed by atoms with van der Waals surface area (Å²) in [4.78, 5) is 11.9. The van der Waals surface area contributed by atoms with Crippen LogP contribution in [0.3, 0.4) is 0 Å². The number of benzene rings is 1. The number of carbonyl (C=O) groups is 1. The first-order valence-electron chi connectivity index (χ1n) is 5.96. The lowest BCUT2D eigenvalue weighted by Gasteiger charge is -2.30. The standard InChI is InChI=1S/C14H20OS/c1-3-5-11-14(4-2,13(15)16)12-9-7-6-8-10-12/h6-10H,3-5,11H2,1-2H3,(H,15,16). The van der Waals surface area contributed by atoms with Crippen molar-refractivity contribution in [2.75, 3.05) is 0 Å². The molecule has 0 spiro atoms. The lowest BCUT2D eigenvalue weighted by atomic mass is 9.75. The highest BCUT2D eigenvalue weighted by atomic mass is 32.1. The van der Waals surface area contributed by atoms with E-state index in [1.165, 1.54) is 0 Å². The van der Waals surface area contributed by atoms with E-state index in [0.29, 0.717) is 0 Å². The minimum absolute atomic E-state index is 0.00495. The zero-order valence-corrected chi connectivity index (χ0v) is 11.0. The van der Waals surface area contributed by atoms with Crippen LogP contribution in [-0.4, -0.2) is 5.12 Å². The van der Waals surface area contributed by atoms with Gasteiger partial charge in [0.2, 0.25) is 0 Å². The third-order valence-corrected chi connectivity index (χ3v) is 3.72. The lowest BCUT2D eigenvalue weighted by Crippen LogP contribution is -2.32. The average Bonchev–Trinajstić information content (AvgIpc) is 2.31. The third-order valence-electron chi connectivity index (χ3n) is 3.30. The SMILES string of the molecule is CCCCC(CC)(C(=O)S)c1ccccc1. The van der Waals surface area contributed by atoms with Crippen molar-refractivity contribution in [2.45, 2.75) is 44.9 Å². The Labute approximate surface area is 104 Å². The molecule has 0 aliphatic rings. The van der Waals surface area contributed by atoms with Crippen LogP contribution in [0.1, 0.15) is 45.1 Å². The van der Waals surface area contributed by atoms with Crippen molar-refractivity contribution in [3.05, 3.63) is 35.9 Å². The number of hydrogen-bond donors (Lipinski definition) is 1. The van der Waals surface area contributed by atoms with Crippen LogP contribution >= 0.6 is 12.6 Å². The Morgan fingerprint density at radius 1 is 1.25 bits per heavy atom. The molecule has 0 aliphatic carbocycles. The van der Waals surface area contributed by atoms with Crippen molar-refractivity contribution in [1.29, 1.82) is 0 Å². The second-order valence-corrected chi connectivity index (χ2v) is 4.62. The zero-order valence-electron chi connectivity index (χ0n) is 10.1. The van der Waals surface area contributed by atoms with Crippen molar-refractivity contribution < 1.29 is 4.79 Å². The molecule has 1 aromatic carbocycles. The molecule has 2 heteroatoms. The Morgan fingerprint density at radius 3 is 2.31 bits per heavy atom. The van der Waals surface area contributed by atoms with Crippen molar-refractivity contribution in [2.24, 2.45) is 0 Å². The van der Waals surface area contributed by atoms with Crippen LogP contribution < -0.4 is 0 Å². The van der Waals surface area contributed by atoms with Crippen molar-refractivity contribution >= 4 is 17.7 Å². The van der Waals surface area contributed by atoms with Gasteiger partial charge in [-0.1, -0.05) is 57.0 Å². The average molecular weight is 236 g/mol. The van der Waals surface area contributed by atoms with E-state index in [4.69, 9.17) is 0 Å². The molecule has 0 N–H and O–H groups in total. The van der Waals surface area contributed by atoms with Crippen LogP contribution in [0.4, 0.5) is 0 Å². The van der Waals surface area contributed by atoms with Gasteiger partial charge in [-0.15, -0.1) is 12.6 Å². The first-order chi connectivity index (χ1) is 7.67. The van der Waals surface area contributed by atoms with Gasteiger partial charge < -0.3 is 0 Å². The molecule has 88 valence electrons. The zero-order chi connectivity index (χ0) is 12.0. The van der Waals surface area contributed by atoms with Gasteiger partial charge >= 0.3 is 0 Å². The maximum absolute atomic E-state index is 11.9. The van der Waals surface area contributed by atoms with Gasteiger partial charge in [0.1, 0.15) is 0 Å². The molecule has 1 nitrogen and oxygen atoms in total. The summed E-state index contributed by atoms with van der Waals surface area (Å²) in [6.07, 6.45) is 3.89. The first-order valence-corrected chi connectivity index (χ1v) is 6.41. The Balaban J connectivity index is 3.07. The fraction of sp³-hybridized carbons (Fsp3) is 0.500. The summed E-state index contributed by atoms with van der Waals surface area (Å²) in [6.45, 7) is 4.21. The number of carbonyl (C=O) groups excluding carboxylic acids is 1. The maximum atomic E-state index is 11.9. The Morgan fingerprint density at radius 2 is 1.88 bits per heavy atom. The highest BCUT2D eigenvalue weighted by Gasteiger charge is 2.35. The number of thiol groups is 1. The summed E-state index contributed by atoms with van der Waals surface area (Å²) >= 11 is 4.10. The van der Waals surface area contributed by atoms with Crippen molar-refractivity contribution in [1.82, 2.24) is 0 Å². The maximum Gasteiger partial charge on any atom is 0.196 e. The molecule has 0 saturated carbocycles. The van der Waals surface area contributed by atoms with Crippen LogP contribution in [0.25, 0.3) is 0 Å². The molecular formula is C14H20OS. The summed E-state index contributed by atoms with van der Waals surface area (Å²) in [7, 11) is 0. The van der Waals surface area contributed by atoms with E-state index in [9.17, 15) is 4.79 Å². The van der Waals surface area contributed by atoms with E-state index < -0.39 is 0 Å². The van der Waals surface area contributed by atoms with E-state index in [1.807, 2.05) is 30.3 Å². The molecule has 0 bridgehead atoms. The Kier molecular flexibility index (Phi) is 5.07. The molecule has 0 aromatic heterocycles. The molecule has 0 heterocycles. The van der Waals surface area contributed by atoms with Crippen LogP contribution in [0.2, 0.25) is 0 Å². The molecule has 0 amide bonds. The molecule has 1 aromatic rings. The van der Waals surface area contributed by atoms with Gasteiger partial charge in [0.25, 0.3) is 0 Å². The van der Waals surface area contributed by atoms with Crippen molar-refractivity contribution in [3.8, 4) is 0 Å². The van der Waals surface area contributed by atoms with Gasteiger partial charge in [0.05, 0.1) is 5.41 Å². The van der Waals surface area contributed by atoms with Crippen LogP contribution in [0.15, 0.2) is 30.3 Å². The van der Waals surface area contributed by atoms with Crippen molar-refractivity contribution in [3.63, 3.8) is 0 Å². The molecule has 0 radical (unpaired) electrons. The summed E-state index contributed by atoms with van der Waals surface area (Å²) in [5, 5.41) is -0.00495. The largest absolute Gasteiger partial charge is 0.286 e. The predicted octanol–water partition coefficient (Wildman–Crippen LogP) is 3.98. The molecular weight excluding hydrogens is 216 g/mol. The fourth-order valence-electron chi connectivity index (χ4n) is 2.14. The topological polar surface area (TPSA) is 17.1 Å². The van der Waals surface area contributed by atoms with E-state index in [1.54, 1.807) is 0 Å². The summed E-state index contributed by atoms with van der Waals surface area (Å²) < 4.78 is 0. The monoisotopic (exact) mass is 236 g/mol. The number of hydrogen-bond acceptors (Lipinski definition) is 1. The Hall–Kier alpha value is -0.760. The second kappa shape index (κ2) is 6.09. The van der Waals surface area contributed by atoms with Crippen LogP contribution in [0.5, 0.6) is 0 Å². The minimum Gasteiger partial charge on any atom is -0.286 e. The van der Waals surface area contributed by atoms with Crippen LogP contribution in [0, 0.1) is 0 Å².